The van der Waals surface area contributed by atoms with Crippen molar-refractivity contribution < 1.29 is 10.1 Å². The zero-order chi connectivity index (χ0) is 10.6. The van der Waals surface area contributed by atoms with Gasteiger partial charge >= 0.3 is 0 Å². The molecule has 0 fully saturated rings. The van der Waals surface area contributed by atoms with Crippen LogP contribution in [0.2, 0.25) is 0 Å². The highest BCUT2D eigenvalue weighted by Crippen LogP contribution is 2.19. The summed E-state index contributed by atoms with van der Waals surface area (Å²) >= 11 is 3.08. The molecule has 0 aromatic heterocycles. The van der Waals surface area contributed by atoms with Gasteiger partial charge in [0.15, 0.2) is 0 Å². The van der Waals surface area contributed by atoms with E-state index in [9.17, 15) is 10.1 Å². The molecule has 0 aliphatic rings. The first-order valence-electron chi connectivity index (χ1n) is 3.71. The maximum absolute atomic E-state index is 10.6. The van der Waals surface area contributed by atoms with E-state index in [0.717, 1.165) is 0 Å². The second-order valence-corrected chi connectivity index (χ2v) is 3.02. The largest absolute Gasteiger partial charge is 0.411 e. The van der Waals surface area contributed by atoms with Gasteiger partial charge in [-0.05, 0) is 6.07 Å². The number of para-hydroxylation sites is 1. The number of hydrogen-bond donors (Lipinski definition) is 1. The highest BCUT2D eigenvalue weighted by Gasteiger charge is 2.16. The Morgan fingerprint density at radius 3 is 2.71 bits per heavy atom. The van der Waals surface area contributed by atoms with Gasteiger partial charge in [0.25, 0.3) is 5.69 Å². The monoisotopic (exact) mass is 258 g/mol. The molecule has 14 heavy (non-hydrogen) atoms. The minimum atomic E-state index is -0.511. The topological polar surface area (TPSA) is 75.7 Å². The number of halogens is 1. The Balaban J connectivity index is 3.26. The first-order valence-corrected chi connectivity index (χ1v) is 4.83. The van der Waals surface area contributed by atoms with Gasteiger partial charge in [-0.15, -0.1) is 0 Å². The summed E-state index contributed by atoms with van der Waals surface area (Å²) in [6, 6.07) is 6.11. The van der Waals surface area contributed by atoms with E-state index in [-0.39, 0.29) is 16.7 Å². The van der Waals surface area contributed by atoms with Crippen LogP contribution >= 0.6 is 15.9 Å². The zero-order valence-electron chi connectivity index (χ0n) is 7.05. The molecule has 0 radical (unpaired) electrons. The smallest absolute Gasteiger partial charge is 0.278 e. The summed E-state index contributed by atoms with van der Waals surface area (Å²) in [6.07, 6.45) is 0. The van der Waals surface area contributed by atoms with Gasteiger partial charge in [-0.2, -0.15) is 0 Å². The molecule has 0 aliphatic carbocycles. The maximum Gasteiger partial charge on any atom is 0.278 e. The number of rotatable bonds is 3. The van der Waals surface area contributed by atoms with Gasteiger partial charge < -0.3 is 5.21 Å². The molecule has 5 nitrogen and oxygen atoms in total. The molecule has 0 saturated carbocycles. The van der Waals surface area contributed by atoms with Crippen molar-refractivity contribution in [1.29, 1.82) is 0 Å². The number of nitro benzene ring substituents is 1. The highest BCUT2D eigenvalue weighted by atomic mass is 79.9. The average molecular weight is 259 g/mol. The fourth-order valence-corrected chi connectivity index (χ4v) is 1.44. The maximum atomic E-state index is 10.6. The van der Waals surface area contributed by atoms with Crippen LogP contribution in [-0.2, 0) is 0 Å². The van der Waals surface area contributed by atoms with Crippen molar-refractivity contribution in [2.24, 2.45) is 5.16 Å². The molecule has 6 heteroatoms. The minimum Gasteiger partial charge on any atom is -0.411 e. The van der Waals surface area contributed by atoms with Crippen molar-refractivity contribution in [2.75, 3.05) is 5.33 Å². The molecule has 0 atom stereocenters. The van der Waals surface area contributed by atoms with E-state index in [1.807, 2.05) is 0 Å². The Labute approximate surface area is 88.3 Å². The molecule has 1 N–H and O–H groups in total. The van der Waals surface area contributed by atoms with Crippen molar-refractivity contribution in [2.45, 2.75) is 0 Å². The fraction of sp³-hybridized carbons (Fsp3) is 0.125. The number of alkyl halides is 1. The normalized spacial score (nSPS) is 11.4. The summed E-state index contributed by atoms with van der Waals surface area (Å²) in [5, 5.41) is 22.5. The quantitative estimate of drug-likeness (QED) is 0.297. The van der Waals surface area contributed by atoms with Crippen molar-refractivity contribution in [1.82, 2.24) is 0 Å². The van der Waals surface area contributed by atoms with E-state index < -0.39 is 4.92 Å². The zero-order valence-corrected chi connectivity index (χ0v) is 8.64. The molecular weight excluding hydrogens is 252 g/mol. The summed E-state index contributed by atoms with van der Waals surface area (Å²) in [6.45, 7) is 0. The van der Waals surface area contributed by atoms with Crippen LogP contribution in [-0.4, -0.2) is 21.2 Å². The van der Waals surface area contributed by atoms with Crippen molar-refractivity contribution in [3.63, 3.8) is 0 Å². The first-order chi connectivity index (χ1) is 6.70. The summed E-state index contributed by atoms with van der Waals surface area (Å²) in [5.41, 5.74) is 0.480. The van der Waals surface area contributed by atoms with Crippen LogP contribution in [0.25, 0.3) is 0 Å². The molecule has 0 aliphatic heterocycles. The molecule has 1 aromatic rings. The van der Waals surface area contributed by atoms with E-state index in [0.29, 0.717) is 5.56 Å². The second kappa shape index (κ2) is 4.71. The van der Waals surface area contributed by atoms with Crippen LogP contribution in [0.3, 0.4) is 0 Å². The molecule has 0 unspecified atom stereocenters. The van der Waals surface area contributed by atoms with Crippen LogP contribution in [0.15, 0.2) is 29.4 Å². The summed E-state index contributed by atoms with van der Waals surface area (Å²) < 4.78 is 0. The van der Waals surface area contributed by atoms with Crippen LogP contribution in [0.5, 0.6) is 0 Å². The molecular formula is C8H7BrN2O3. The van der Waals surface area contributed by atoms with Crippen molar-refractivity contribution in [3.05, 3.63) is 39.9 Å². The lowest BCUT2D eigenvalue weighted by Gasteiger charge is -2.01. The summed E-state index contributed by atoms with van der Waals surface area (Å²) in [5.74, 6) is 0. The Morgan fingerprint density at radius 2 is 2.21 bits per heavy atom. The predicted octanol–water partition coefficient (Wildman–Crippen LogP) is 2.17. The first kappa shape index (κ1) is 10.6. The van der Waals surface area contributed by atoms with Crippen LogP contribution in [0.4, 0.5) is 5.69 Å². The van der Waals surface area contributed by atoms with E-state index in [2.05, 4.69) is 21.1 Å². The van der Waals surface area contributed by atoms with Gasteiger partial charge in [-0.3, -0.25) is 10.1 Å². The number of benzene rings is 1. The van der Waals surface area contributed by atoms with Crippen LogP contribution < -0.4 is 0 Å². The molecule has 1 rings (SSSR count). The van der Waals surface area contributed by atoms with Crippen LogP contribution in [0.1, 0.15) is 5.56 Å². The molecule has 0 spiro atoms. The minimum absolute atomic E-state index is 0.0697. The van der Waals surface area contributed by atoms with Gasteiger partial charge in [-0.1, -0.05) is 33.2 Å². The third-order valence-corrected chi connectivity index (χ3v) is 2.19. The Morgan fingerprint density at radius 1 is 1.57 bits per heavy atom. The average Bonchev–Trinajstić information content (AvgIpc) is 2.20. The Bertz CT molecular complexity index is 379. The fourth-order valence-electron chi connectivity index (χ4n) is 1.03. The van der Waals surface area contributed by atoms with Gasteiger partial charge in [0.2, 0.25) is 0 Å². The molecule has 0 bridgehead atoms. The van der Waals surface area contributed by atoms with E-state index >= 15 is 0 Å². The summed E-state index contributed by atoms with van der Waals surface area (Å²) in [7, 11) is 0. The standard InChI is InChI=1S/C8H7BrN2O3/c9-5-7(10-12)6-3-1-2-4-8(6)11(13)14/h1-4,12H,5H2. The second-order valence-electron chi connectivity index (χ2n) is 2.45. The predicted molar refractivity (Wildman–Crippen MR) is 55.2 cm³/mol. The molecule has 0 amide bonds. The Hall–Kier alpha value is -1.43. The van der Waals surface area contributed by atoms with Gasteiger partial charge in [0.1, 0.15) is 5.71 Å². The van der Waals surface area contributed by atoms with Crippen molar-refractivity contribution >= 4 is 27.3 Å². The van der Waals surface area contributed by atoms with Crippen LogP contribution in [0, 0.1) is 10.1 Å². The molecule has 1 aromatic carbocycles. The molecule has 74 valence electrons. The van der Waals surface area contributed by atoms with E-state index in [1.165, 1.54) is 12.1 Å². The van der Waals surface area contributed by atoms with Crippen molar-refractivity contribution in [3.8, 4) is 0 Å². The van der Waals surface area contributed by atoms with E-state index in [4.69, 9.17) is 5.21 Å². The highest BCUT2D eigenvalue weighted by molar-refractivity contribution is 9.09. The number of nitro groups is 1. The lowest BCUT2D eigenvalue weighted by molar-refractivity contribution is -0.385. The number of hydrogen-bond acceptors (Lipinski definition) is 4. The van der Waals surface area contributed by atoms with Gasteiger partial charge in [0, 0.05) is 11.4 Å². The Kier molecular flexibility index (Phi) is 3.58. The lowest BCUT2D eigenvalue weighted by atomic mass is 10.1. The lowest BCUT2D eigenvalue weighted by Crippen LogP contribution is -2.06. The third kappa shape index (κ3) is 2.08. The number of nitrogens with zero attached hydrogens (tertiary/aromatic N) is 2. The number of oxime groups is 1. The van der Waals surface area contributed by atoms with E-state index in [1.54, 1.807) is 12.1 Å². The van der Waals surface area contributed by atoms with Gasteiger partial charge in [0.05, 0.1) is 10.5 Å². The third-order valence-electron chi connectivity index (χ3n) is 1.66. The molecule has 0 saturated heterocycles. The van der Waals surface area contributed by atoms with Gasteiger partial charge in [-0.25, -0.2) is 0 Å². The SMILES string of the molecule is O=[N+]([O-])c1ccccc1C(CBr)=NO. The summed E-state index contributed by atoms with van der Waals surface area (Å²) in [4.78, 5) is 10.1. The molecule has 0 heterocycles.